The van der Waals surface area contributed by atoms with E-state index >= 15 is 0 Å². The van der Waals surface area contributed by atoms with Crippen molar-refractivity contribution in [3.63, 3.8) is 0 Å². The molecule has 0 bridgehead atoms. The maximum Gasteiger partial charge on any atom is 0.255 e. The number of aromatic hydroxyl groups is 1. The molecule has 42 heavy (non-hydrogen) atoms. The molecule has 2 amide bonds. The number of aliphatic hydroxyl groups is 2. The van der Waals surface area contributed by atoms with Gasteiger partial charge in [0, 0.05) is 31.2 Å². The van der Waals surface area contributed by atoms with Gasteiger partial charge in [-0.05, 0) is 59.3 Å². The van der Waals surface area contributed by atoms with E-state index in [0.29, 0.717) is 16.8 Å². The van der Waals surface area contributed by atoms with Crippen molar-refractivity contribution in [2.24, 2.45) is 11.7 Å². The van der Waals surface area contributed by atoms with E-state index in [-0.39, 0.29) is 36.2 Å². The Morgan fingerprint density at radius 1 is 1.12 bits per heavy atom. The molecule has 3 aliphatic rings. The van der Waals surface area contributed by atoms with E-state index in [9.17, 15) is 39.3 Å². The molecule has 3 aliphatic carbocycles. The van der Waals surface area contributed by atoms with Crippen molar-refractivity contribution in [1.29, 1.82) is 0 Å². The van der Waals surface area contributed by atoms with Gasteiger partial charge in [-0.2, -0.15) is 0 Å². The maximum atomic E-state index is 14.0. The molecule has 1 aromatic carbocycles. The van der Waals surface area contributed by atoms with Crippen LogP contribution >= 0.6 is 0 Å². The van der Waals surface area contributed by atoms with Crippen LogP contribution in [0.3, 0.4) is 0 Å². The summed E-state index contributed by atoms with van der Waals surface area (Å²) in [6, 6.07) is 0.326. The lowest BCUT2D eigenvalue weighted by Gasteiger charge is -2.48. The summed E-state index contributed by atoms with van der Waals surface area (Å²) in [6.07, 6.45) is -0.130. The normalized spacial score (nSPS) is 24.0. The van der Waals surface area contributed by atoms with Crippen LogP contribution in [0.5, 0.6) is 5.75 Å². The van der Waals surface area contributed by atoms with Crippen LogP contribution in [0.1, 0.15) is 43.1 Å². The molecule has 2 unspecified atom stereocenters. The summed E-state index contributed by atoms with van der Waals surface area (Å²) < 4.78 is 0. The van der Waals surface area contributed by atoms with Gasteiger partial charge in [-0.25, -0.2) is 0 Å². The second kappa shape index (κ2) is 10.3. The van der Waals surface area contributed by atoms with Crippen molar-refractivity contribution in [2.75, 3.05) is 45.0 Å². The lowest BCUT2D eigenvalue weighted by molar-refractivity contribution is -0.149. The van der Waals surface area contributed by atoms with Gasteiger partial charge in [0.25, 0.3) is 5.91 Å². The molecule has 0 saturated heterocycles. The lowest BCUT2D eigenvalue weighted by Crippen LogP contribution is -2.64. The van der Waals surface area contributed by atoms with Crippen molar-refractivity contribution in [3.8, 4) is 5.75 Å². The van der Waals surface area contributed by atoms with Crippen molar-refractivity contribution >= 4 is 40.5 Å². The summed E-state index contributed by atoms with van der Waals surface area (Å²) in [5.74, 6) is -7.73. The molecule has 0 fully saturated rings. The Bertz CT molecular complexity index is 1500. The number of nitrogens with two attached hydrogens (primary N) is 1. The summed E-state index contributed by atoms with van der Waals surface area (Å²) in [5, 5.41) is 39.6. The van der Waals surface area contributed by atoms with Gasteiger partial charge in [-0.15, -0.1) is 0 Å². The van der Waals surface area contributed by atoms with Crippen LogP contribution in [0.2, 0.25) is 0 Å². The number of nitrogens with zero attached hydrogens (tertiary/aromatic N) is 2. The monoisotopic (exact) mass is 583 g/mol. The number of amides is 2. The third-order valence-corrected chi connectivity index (χ3v) is 7.99. The number of nitrogens with one attached hydrogen (secondary N) is 2. The first-order valence-electron chi connectivity index (χ1n) is 13.4. The molecule has 0 aromatic heterocycles. The Hall–Kier alpha value is -4.07. The summed E-state index contributed by atoms with van der Waals surface area (Å²) in [6.45, 7) is 5.57. The van der Waals surface area contributed by atoms with Crippen molar-refractivity contribution < 1.29 is 39.3 Å². The zero-order valence-electron chi connectivity index (χ0n) is 24.7. The van der Waals surface area contributed by atoms with E-state index in [1.807, 2.05) is 20.8 Å². The Morgan fingerprint density at radius 3 is 2.26 bits per heavy atom. The number of rotatable bonds is 6. The quantitative estimate of drug-likeness (QED) is 0.194. The first-order valence-corrected chi connectivity index (χ1v) is 13.4. The van der Waals surface area contributed by atoms with Gasteiger partial charge in [0.15, 0.2) is 17.1 Å². The van der Waals surface area contributed by atoms with Crippen molar-refractivity contribution in [2.45, 2.75) is 50.8 Å². The predicted octanol–water partition coefficient (Wildman–Crippen LogP) is -0.0494. The second-order valence-corrected chi connectivity index (χ2v) is 12.4. The fourth-order valence-electron chi connectivity index (χ4n) is 6.05. The van der Waals surface area contributed by atoms with Crippen LogP contribution in [0, 0.1) is 5.92 Å². The maximum absolute atomic E-state index is 14.0. The highest BCUT2D eigenvalue weighted by atomic mass is 16.3. The predicted molar refractivity (Wildman–Crippen MR) is 153 cm³/mol. The van der Waals surface area contributed by atoms with Crippen LogP contribution in [0.4, 0.5) is 11.4 Å². The molecule has 1 aromatic rings. The van der Waals surface area contributed by atoms with Gasteiger partial charge in [0.1, 0.15) is 11.3 Å². The molecule has 13 nitrogen and oxygen atoms in total. The highest BCUT2D eigenvalue weighted by Crippen LogP contribution is 2.51. The summed E-state index contributed by atoms with van der Waals surface area (Å²) >= 11 is 0. The number of ketones is 3. The standard InChI is InChI=1S/C29H37N5O8/c1-28(2,3)31-11-17(35)32-15-10-16(33(4)5)13-8-12-9-14-21(34(6)7)24(38)20(27(30)41)26(40)29(14,42)25(39)18(12)23(37)19(13)22(15)36/h10,14,21,31,36,40,42H,8-9,11H2,1-7H3,(H2,30,41)(H,32,35)/t14?,21-,29?/m0/s1. The molecule has 13 heteroatoms. The molecule has 4 rings (SSSR count). The first kappa shape index (κ1) is 30.9. The number of phenols is 1. The van der Waals surface area contributed by atoms with Crippen LogP contribution in [0.15, 0.2) is 28.5 Å². The van der Waals surface area contributed by atoms with E-state index in [0.717, 1.165) is 0 Å². The Balaban J connectivity index is 1.86. The number of allylic oxidation sites excluding steroid dienone is 1. The van der Waals surface area contributed by atoms with Crippen molar-refractivity contribution in [1.82, 2.24) is 10.2 Å². The highest BCUT2D eigenvalue weighted by Gasteiger charge is 2.63. The number of benzene rings is 1. The number of aliphatic hydroxyl groups excluding tert-OH is 1. The minimum atomic E-state index is -2.79. The summed E-state index contributed by atoms with van der Waals surface area (Å²) in [5.41, 5.74) is 1.77. The second-order valence-electron chi connectivity index (χ2n) is 12.4. The molecule has 0 radical (unpaired) electrons. The average molecular weight is 584 g/mol. The summed E-state index contributed by atoms with van der Waals surface area (Å²) in [7, 11) is 6.48. The summed E-state index contributed by atoms with van der Waals surface area (Å²) in [4.78, 5) is 69.1. The van der Waals surface area contributed by atoms with E-state index < -0.39 is 69.4 Å². The molecule has 3 atom stereocenters. The molecule has 0 heterocycles. The van der Waals surface area contributed by atoms with Gasteiger partial charge < -0.3 is 36.6 Å². The molecule has 0 aliphatic heterocycles. The minimum Gasteiger partial charge on any atom is -0.508 e. The Kier molecular flexibility index (Phi) is 7.60. The van der Waals surface area contributed by atoms with Crippen LogP contribution in [0.25, 0.3) is 0 Å². The first-order chi connectivity index (χ1) is 19.3. The van der Waals surface area contributed by atoms with E-state index in [1.54, 1.807) is 19.0 Å². The molecular formula is C29H37N5O8. The van der Waals surface area contributed by atoms with Gasteiger partial charge in [0.2, 0.25) is 17.5 Å². The minimum absolute atomic E-state index is 0.0110. The molecule has 0 spiro atoms. The molecular weight excluding hydrogens is 546 g/mol. The van der Waals surface area contributed by atoms with Crippen molar-refractivity contribution in [3.05, 3.63) is 39.7 Å². The van der Waals surface area contributed by atoms with Crippen LogP contribution in [-0.4, -0.2) is 101 Å². The van der Waals surface area contributed by atoms with Crippen LogP contribution in [-0.2, 0) is 25.6 Å². The topological polar surface area (TPSA) is 203 Å². The number of fused-ring (bicyclic) bond motifs is 2. The number of primary amides is 1. The molecule has 226 valence electrons. The SMILES string of the molecule is CN(C)c1cc(NC(=O)CNC(C)(C)C)c(O)c2c1CC1=C(C2=O)C(=O)C2(O)C(O)=C(C(N)=O)C(=O)[C@@H](N(C)C)C2C1. The van der Waals surface area contributed by atoms with E-state index in [2.05, 4.69) is 10.6 Å². The third-order valence-electron chi connectivity index (χ3n) is 7.99. The van der Waals surface area contributed by atoms with Gasteiger partial charge >= 0.3 is 0 Å². The lowest BCUT2D eigenvalue weighted by atomic mass is 9.59. The number of anilines is 2. The Morgan fingerprint density at radius 2 is 1.74 bits per heavy atom. The van der Waals surface area contributed by atoms with Crippen LogP contribution < -0.4 is 21.3 Å². The number of likely N-dealkylation sites (N-methyl/N-ethyl adjacent to an activating group) is 1. The van der Waals surface area contributed by atoms with E-state index in [1.165, 1.54) is 25.1 Å². The fraction of sp³-hybridized carbons (Fsp3) is 0.483. The zero-order valence-corrected chi connectivity index (χ0v) is 24.7. The van der Waals surface area contributed by atoms with Gasteiger partial charge in [-0.1, -0.05) is 5.57 Å². The number of carbonyl (C=O) groups is 5. The largest absolute Gasteiger partial charge is 0.508 e. The third kappa shape index (κ3) is 4.76. The highest BCUT2D eigenvalue weighted by molar-refractivity contribution is 6.34. The van der Waals surface area contributed by atoms with Gasteiger partial charge in [-0.3, -0.25) is 28.9 Å². The fourth-order valence-corrected chi connectivity index (χ4v) is 6.05. The van der Waals surface area contributed by atoms with Gasteiger partial charge in [0.05, 0.1) is 29.4 Å². The number of Topliss-reactive ketones (excluding diaryl/α,β-unsaturated/α-hetero) is 3. The number of hydrogen-bond donors (Lipinski definition) is 6. The Labute approximate surface area is 243 Å². The van der Waals surface area contributed by atoms with E-state index in [4.69, 9.17) is 5.73 Å². The number of carbonyl (C=O) groups excluding carboxylic acids is 5. The molecule has 7 N–H and O–H groups in total. The number of hydrogen-bond acceptors (Lipinski definition) is 11. The average Bonchev–Trinajstić information content (AvgIpc) is 2.85. The smallest absolute Gasteiger partial charge is 0.255 e. The zero-order chi connectivity index (χ0) is 31.6. The molecule has 0 saturated carbocycles. The number of phenolic OH excluding ortho intramolecular Hbond substituents is 1.